The van der Waals surface area contributed by atoms with Crippen LogP contribution in [0.3, 0.4) is 0 Å². The van der Waals surface area contributed by atoms with E-state index in [-0.39, 0.29) is 35.6 Å². The van der Waals surface area contributed by atoms with Gasteiger partial charge in [0, 0.05) is 53.8 Å². The lowest BCUT2D eigenvalue weighted by Crippen LogP contribution is -2.50. The van der Waals surface area contributed by atoms with E-state index in [1.54, 1.807) is 23.8 Å². The number of hydrogen-bond acceptors (Lipinski definition) is 5. The van der Waals surface area contributed by atoms with Gasteiger partial charge in [0.2, 0.25) is 0 Å². The summed E-state index contributed by atoms with van der Waals surface area (Å²) in [4.78, 5) is 30.4. The van der Waals surface area contributed by atoms with E-state index in [1.165, 1.54) is 0 Å². The van der Waals surface area contributed by atoms with Crippen molar-refractivity contribution in [2.75, 3.05) is 26.8 Å². The molecule has 2 bridgehead atoms. The molecule has 0 aliphatic carbocycles. The molecular weight excluding hydrogens is 382 g/mol. The van der Waals surface area contributed by atoms with Gasteiger partial charge in [-0.25, -0.2) is 0 Å². The Morgan fingerprint density at radius 3 is 2.83 bits per heavy atom. The third-order valence-electron chi connectivity index (χ3n) is 6.58. The van der Waals surface area contributed by atoms with Crippen molar-refractivity contribution in [1.82, 2.24) is 14.5 Å². The highest BCUT2D eigenvalue weighted by molar-refractivity contribution is 5.80. The highest BCUT2D eigenvalue weighted by Crippen LogP contribution is 2.41. The second kappa shape index (κ2) is 7.41. The van der Waals surface area contributed by atoms with Crippen LogP contribution in [-0.2, 0) is 6.54 Å². The number of ether oxygens (including phenoxy) is 1. The predicted octanol–water partition coefficient (Wildman–Crippen LogP) is 1.85. The summed E-state index contributed by atoms with van der Waals surface area (Å²) in [5.41, 5.74) is 2.35. The molecule has 5 rings (SSSR count). The first-order valence-corrected chi connectivity index (χ1v) is 10.3. The average molecular weight is 407 g/mol. The highest BCUT2D eigenvalue weighted by atomic mass is 16.5. The molecule has 0 spiro atoms. The maximum Gasteiger partial charge on any atom is 0.252 e. The third-order valence-corrected chi connectivity index (χ3v) is 6.58. The van der Waals surface area contributed by atoms with E-state index < -0.39 is 0 Å². The Balaban J connectivity index is 1.47. The fourth-order valence-electron chi connectivity index (χ4n) is 5.22. The molecule has 1 aromatic carbocycles. The quantitative estimate of drug-likeness (QED) is 0.689. The summed E-state index contributed by atoms with van der Waals surface area (Å²) in [6.45, 7) is 2.01. The number of aliphatic hydroxyl groups excluding tert-OH is 1. The summed E-state index contributed by atoms with van der Waals surface area (Å²) >= 11 is 0. The lowest BCUT2D eigenvalue weighted by atomic mass is 9.78. The number of aromatic amines is 1. The first kappa shape index (κ1) is 19.1. The molecule has 156 valence electrons. The van der Waals surface area contributed by atoms with Crippen molar-refractivity contribution in [2.24, 2.45) is 5.92 Å². The molecule has 2 aromatic heterocycles. The average Bonchev–Trinajstić information content (AvgIpc) is 2.75. The highest BCUT2D eigenvalue weighted by Gasteiger charge is 2.40. The molecule has 1 saturated heterocycles. The zero-order valence-electron chi connectivity index (χ0n) is 16.9. The summed E-state index contributed by atoms with van der Waals surface area (Å²) in [5.74, 6) is 1.15. The molecule has 3 atom stereocenters. The van der Waals surface area contributed by atoms with Crippen LogP contribution in [0.4, 0.5) is 0 Å². The van der Waals surface area contributed by atoms with Gasteiger partial charge in [0.15, 0.2) is 0 Å². The number of pyridine rings is 2. The van der Waals surface area contributed by atoms with E-state index in [0.29, 0.717) is 12.1 Å². The van der Waals surface area contributed by atoms with E-state index in [9.17, 15) is 14.7 Å². The second-order valence-corrected chi connectivity index (χ2v) is 8.37. The van der Waals surface area contributed by atoms with E-state index >= 15 is 0 Å². The van der Waals surface area contributed by atoms with Crippen molar-refractivity contribution in [2.45, 2.75) is 24.9 Å². The maximum absolute atomic E-state index is 12.7. The van der Waals surface area contributed by atoms with E-state index in [4.69, 9.17) is 4.74 Å². The first-order valence-electron chi connectivity index (χ1n) is 10.3. The van der Waals surface area contributed by atoms with Gasteiger partial charge in [0.05, 0.1) is 19.8 Å². The number of fused-ring (bicyclic) bond motifs is 5. The smallest absolute Gasteiger partial charge is 0.252 e. The largest absolute Gasteiger partial charge is 0.497 e. The van der Waals surface area contributed by atoms with Crippen LogP contribution in [0.25, 0.3) is 10.9 Å². The van der Waals surface area contributed by atoms with E-state index in [0.717, 1.165) is 41.9 Å². The summed E-state index contributed by atoms with van der Waals surface area (Å²) in [5, 5.41) is 11.0. The Labute approximate surface area is 173 Å². The zero-order valence-corrected chi connectivity index (χ0v) is 16.9. The van der Waals surface area contributed by atoms with Gasteiger partial charge in [-0.1, -0.05) is 6.07 Å². The molecule has 30 heavy (non-hydrogen) atoms. The topological polar surface area (TPSA) is 87.6 Å². The molecule has 0 saturated carbocycles. The number of methoxy groups -OCH3 is 1. The van der Waals surface area contributed by atoms with Gasteiger partial charge in [0.1, 0.15) is 5.75 Å². The minimum absolute atomic E-state index is 0.0466. The van der Waals surface area contributed by atoms with Gasteiger partial charge in [-0.2, -0.15) is 0 Å². The molecule has 4 heterocycles. The Morgan fingerprint density at radius 1 is 1.17 bits per heavy atom. The maximum atomic E-state index is 12.7. The number of nitrogens with one attached hydrogen (secondary N) is 1. The number of H-pyrrole nitrogens is 1. The number of nitrogens with zero attached hydrogens (tertiary/aromatic N) is 2. The summed E-state index contributed by atoms with van der Waals surface area (Å²) in [6, 6.07) is 12.7. The van der Waals surface area contributed by atoms with Crippen LogP contribution in [0.1, 0.15) is 29.6 Å². The Hall–Kier alpha value is -2.90. The minimum atomic E-state index is -0.216. The van der Waals surface area contributed by atoms with Crippen LogP contribution in [0, 0.1) is 5.92 Å². The number of benzene rings is 1. The Morgan fingerprint density at radius 2 is 2.03 bits per heavy atom. The number of aromatic nitrogens is 2. The normalized spacial score (nSPS) is 23.3. The van der Waals surface area contributed by atoms with Crippen LogP contribution in [0.15, 0.2) is 52.1 Å². The summed E-state index contributed by atoms with van der Waals surface area (Å²) in [7, 11) is 1.63. The molecule has 1 fully saturated rings. The van der Waals surface area contributed by atoms with Gasteiger partial charge in [-0.3, -0.25) is 14.5 Å². The summed E-state index contributed by atoms with van der Waals surface area (Å²) < 4.78 is 7.09. The minimum Gasteiger partial charge on any atom is -0.497 e. The Bertz CT molecular complexity index is 1220. The fraction of sp³-hybridized carbons (Fsp3) is 0.391. The van der Waals surface area contributed by atoms with Crippen LogP contribution >= 0.6 is 0 Å². The number of piperidine rings is 1. The fourth-order valence-corrected chi connectivity index (χ4v) is 5.22. The van der Waals surface area contributed by atoms with E-state index in [1.807, 2.05) is 30.3 Å². The van der Waals surface area contributed by atoms with Gasteiger partial charge >= 0.3 is 0 Å². The van der Waals surface area contributed by atoms with Crippen molar-refractivity contribution in [1.29, 1.82) is 0 Å². The van der Waals surface area contributed by atoms with Crippen LogP contribution in [-0.4, -0.2) is 46.4 Å². The van der Waals surface area contributed by atoms with E-state index in [2.05, 4.69) is 9.88 Å². The molecule has 2 N–H and O–H groups in total. The van der Waals surface area contributed by atoms with Crippen molar-refractivity contribution in [3.8, 4) is 5.75 Å². The van der Waals surface area contributed by atoms with Gasteiger partial charge in [-0.15, -0.1) is 0 Å². The lowest BCUT2D eigenvalue weighted by Gasteiger charge is -2.46. The van der Waals surface area contributed by atoms with Gasteiger partial charge in [0.25, 0.3) is 11.1 Å². The number of rotatable bonds is 4. The van der Waals surface area contributed by atoms with Gasteiger partial charge in [-0.05, 0) is 42.7 Å². The lowest BCUT2D eigenvalue weighted by molar-refractivity contribution is 0.0579. The van der Waals surface area contributed by atoms with Gasteiger partial charge < -0.3 is 19.4 Å². The molecular formula is C23H25N3O4. The Kier molecular flexibility index (Phi) is 4.72. The molecule has 3 aromatic rings. The standard InChI is InChI=1S/C23H25N3O4/c1-30-18-5-6-19-14(9-18)7-17(23(29)24-19)12-25-10-15-8-16(11-25)21(13-27)26-20(15)3-2-4-22(26)28/h2-7,9,15-16,21,27H,8,10-13H2,1H3,(H,24,29)/t15-,16+,21+/m1/s1. The van der Waals surface area contributed by atoms with Crippen LogP contribution < -0.4 is 15.9 Å². The zero-order chi connectivity index (χ0) is 20.8. The van der Waals surface area contributed by atoms with Crippen LogP contribution in [0.2, 0.25) is 0 Å². The molecule has 2 aliphatic heterocycles. The second-order valence-electron chi connectivity index (χ2n) is 8.37. The molecule has 7 heteroatoms. The third kappa shape index (κ3) is 3.14. The van der Waals surface area contributed by atoms with Crippen molar-refractivity contribution < 1.29 is 9.84 Å². The SMILES string of the molecule is COc1ccc2[nH]c(=O)c(CN3C[C@H]4C[C@@H](C3)[C@H](CO)n3c4cccc3=O)cc2c1. The molecule has 7 nitrogen and oxygen atoms in total. The first-order chi connectivity index (χ1) is 14.6. The van der Waals surface area contributed by atoms with Crippen LogP contribution in [0.5, 0.6) is 5.75 Å². The predicted molar refractivity (Wildman–Crippen MR) is 114 cm³/mol. The summed E-state index contributed by atoms with van der Waals surface area (Å²) in [6.07, 6.45) is 0.955. The molecule has 0 radical (unpaired) electrons. The van der Waals surface area contributed by atoms with Crippen molar-refractivity contribution in [3.63, 3.8) is 0 Å². The number of aliphatic hydroxyl groups is 1. The molecule has 2 aliphatic rings. The molecule has 0 unspecified atom stereocenters. The monoisotopic (exact) mass is 407 g/mol. The van der Waals surface area contributed by atoms with Crippen molar-refractivity contribution >= 4 is 10.9 Å². The number of hydrogen-bond donors (Lipinski definition) is 2. The van der Waals surface area contributed by atoms with Crippen molar-refractivity contribution in [3.05, 3.63) is 74.4 Å². The molecule has 0 amide bonds. The number of likely N-dealkylation sites (tertiary alicyclic amines) is 1.